The number of amides is 1. The van der Waals surface area contributed by atoms with Crippen molar-refractivity contribution in [3.05, 3.63) is 54.0 Å². The highest BCUT2D eigenvalue weighted by Crippen LogP contribution is 2.30. The number of anilines is 1. The van der Waals surface area contributed by atoms with E-state index in [0.717, 1.165) is 18.0 Å². The molecule has 2 heterocycles. The highest BCUT2D eigenvalue weighted by atomic mass is 19.4. The molecule has 2 aromatic rings. The zero-order valence-electron chi connectivity index (χ0n) is 14.9. The van der Waals surface area contributed by atoms with E-state index in [-0.39, 0.29) is 23.7 Å². The Morgan fingerprint density at radius 2 is 1.85 bits per heavy atom. The Morgan fingerprint density at radius 3 is 2.48 bits per heavy atom. The van der Waals surface area contributed by atoms with E-state index < -0.39 is 11.9 Å². The summed E-state index contributed by atoms with van der Waals surface area (Å²) in [6, 6.07) is 10.6. The van der Waals surface area contributed by atoms with Crippen LogP contribution in [0.2, 0.25) is 0 Å². The van der Waals surface area contributed by atoms with E-state index in [4.69, 9.17) is 0 Å². The number of benzene rings is 1. The number of nitrogens with zero attached hydrogens (tertiary/aromatic N) is 3. The molecule has 0 radical (unpaired) electrons. The van der Waals surface area contributed by atoms with Gasteiger partial charge in [-0.15, -0.1) is 0 Å². The van der Waals surface area contributed by atoms with Crippen LogP contribution >= 0.6 is 0 Å². The van der Waals surface area contributed by atoms with Crippen molar-refractivity contribution in [2.24, 2.45) is 5.92 Å². The summed E-state index contributed by atoms with van der Waals surface area (Å²) >= 11 is 0. The van der Waals surface area contributed by atoms with Crippen LogP contribution in [0.3, 0.4) is 0 Å². The molecule has 8 heteroatoms. The molecule has 3 rings (SSSR count). The summed E-state index contributed by atoms with van der Waals surface area (Å²) in [4.78, 5) is 21.5. The number of rotatable bonds is 4. The van der Waals surface area contributed by atoms with Gasteiger partial charge in [0.25, 0.3) is 0 Å². The van der Waals surface area contributed by atoms with Crippen LogP contribution < -0.4 is 10.2 Å². The van der Waals surface area contributed by atoms with Gasteiger partial charge in [0.05, 0.1) is 6.04 Å². The lowest BCUT2D eigenvalue weighted by molar-refractivity contribution is -0.141. The summed E-state index contributed by atoms with van der Waals surface area (Å²) in [6.45, 7) is 2.89. The van der Waals surface area contributed by atoms with Gasteiger partial charge >= 0.3 is 6.18 Å². The largest absolute Gasteiger partial charge is 0.433 e. The number of carbonyl (C=O) groups excluding carboxylic acids is 1. The Hall–Kier alpha value is -2.64. The first-order chi connectivity index (χ1) is 12.8. The lowest BCUT2D eigenvalue weighted by atomic mass is 9.95. The second kappa shape index (κ2) is 7.94. The number of hydrogen-bond acceptors (Lipinski definition) is 4. The molecule has 1 saturated heterocycles. The molecule has 0 unspecified atom stereocenters. The number of piperidine rings is 1. The van der Waals surface area contributed by atoms with Crippen molar-refractivity contribution in [3.8, 4) is 0 Å². The van der Waals surface area contributed by atoms with Crippen molar-refractivity contribution in [1.82, 2.24) is 15.3 Å². The molecule has 1 fully saturated rings. The fourth-order valence-electron chi connectivity index (χ4n) is 3.20. The van der Waals surface area contributed by atoms with Crippen molar-refractivity contribution in [1.29, 1.82) is 0 Å². The number of alkyl halides is 3. The molecule has 0 spiro atoms. The number of nitrogens with one attached hydrogen (secondary N) is 1. The van der Waals surface area contributed by atoms with E-state index in [1.807, 2.05) is 37.3 Å². The topological polar surface area (TPSA) is 58.1 Å². The van der Waals surface area contributed by atoms with Gasteiger partial charge < -0.3 is 10.2 Å². The average molecular weight is 378 g/mol. The van der Waals surface area contributed by atoms with E-state index in [9.17, 15) is 18.0 Å². The maximum absolute atomic E-state index is 12.8. The van der Waals surface area contributed by atoms with Gasteiger partial charge in [-0.25, -0.2) is 9.97 Å². The first-order valence-electron chi connectivity index (χ1n) is 8.84. The van der Waals surface area contributed by atoms with Gasteiger partial charge in [0.15, 0.2) is 0 Å². The molecule has 1 aliphatic rings. The minimum atomic E-state index is -4.50. The summed E-state index contributed by atoms with van der Waals surface area (Å²) in [5.74, 6) is 0.0647. The monoisotopic (exact) mass is 378 g/mol. The van der Waals surface area contributed by atoms with Gasteiger partial charge in [-0.05, 0) is 25.3 Å². The Bertz CT molecular complexity index is 774. The molecule has 1 aromatic heterocycles. The van der Waals surface area contributed by atoms with E-state index in [0.29, 0.717) is 25.9 Å². The second-order valence-electron chi connectivity index (χ2n) is 6.66. The maximum Gasteiger partial charge on any atom is 0.433 e. The first kappa shape index (κ1) is 19.1. The molecule has 0 bridgehead atoms. The molecule has 5 nitrogen and oxygen atoms in total. The standard InChI is InChI=1S/C19H21F3N4O/c1-13(14-5-3-2-4-6-14)25-18(27)15-7-9-26(10-8-15)17-11-16(19(20,21)22)23-12-24-17/h2-6,11-13,15H,7-10H2,1H3,(H,25,27)/t13-/m0/s1. The highest BCUT2D eigenvalue weighted by Gasteiger charge is 2.34. The van der Waals surface area contributed by atoms with Gasteiger partial charge in [-0.2, -0.15) is 13.2 Å². The third kappa shape index (κ3) is 4.75. The van der Waals surface area contributed by atoms with Crippen molar-refractivity contribution >= 4 is 11.7 Å². The lowest BCUT2D eigenvalue weighted by Crippen LogP contribution is -2.41. The molecule has 1 atom stereocenters. The van der Waals surface area contributed by atoms with E-state index in [2.05, 4.69) is 15.3 Å². The fraction of sp³-hybridized carbons (Fsp3) is 0.421. The fourth-order valence-corrected chi connectivity index (χ4v) is 3.20. The molecular weight excluding hydrogens is 357 g/mol. The molecule has 1 amide bonds. The molecule has 144 valence electrons. The second-order valence-corrected chi connectivity index (χ2v) is 6.66. The summed E-state index contributed by atoms with van der Waals surface area (Å²) < 4.78 is 38.4. The smallest absolute Gasteiger partial charge is 0.356 e. The van der Waals surface area contributed by atoms with Gasteiger partial charge in [-0.3, -0.25) is 4.79 Å². The van der Waals surface area contributed by atoms with Gasteiger partial charge in [-0.1, -0.05) is 30.3 Å². The molecule has 1 aliphatic heterocycles. The average Bonchev–Trinajstić information content (AvgIpc) is 2.68. The van der Waals surface area contributed by atoms with E-state index in [1.165, 1.54) is 0 Å². The quantitative estimate of drug-likeness (QED) is 0.883. The maximum atomic E-state index is 12.8. The summed E-state index contributed by atoms with van der Waals surface area (Å²) in [5, 5.41) is 3.02. The van der Waals surface area contributed by atoms with Crippen molar-refractivity contribution in [2.45, 2.75) is 32.0 Å². The SMILES string of the molecule is C[C@H](NC(=O)C1CCN(c2cc(C(F)(F)F)ncn2)CC1)c1ccccc1. The lowest BCUT2D eigenvalue weighted by Gasteiger charge is -2.32. The van der Waals surface area contributed by atoms with Crippen LogP contribution in [0.15, 0.2) is 42.7 Å². The highest BCUT2D eigenvalue weighted by molar-refractivity contribution is 5.79. The third-order valence-electron chi connectivity index (χ3n) is 4.79. The van der Waals surface area contributed by atoms with E-state index >= 15 is 0 Å². The molecule has 1 N–H and O–H groups in total. The Kier molecular flexibility index (Phi) is 5.62. The minimum absolute atomic E-state index is 0.0235. The van der Waals surface area contributed by atoms with Crippen molar-refractivity contribution < 1.29 is 18.0 Å². The van der Waals surface area contributed by atoms with Crippen LogP contribution in [0.5, 0.6) is 0 Å². The Balaban J connectivity index is 1.56. The van der Waals surface area contributed by atoms with Crippen molar-refractivity contribution in [3.63, 3.8) is 0 Å². The van der Waals surface area contributed by atoms with Crippen LogP contribution in [0.4, 0.5) is 19.0 Å². The number of halogens is 3. The van der Waals surface area contributed by atoms with Crippen LogP contribution in [0, 0.1) is 5.92 Å². The Labute approximate surface area is 155 Å². The van der Waals surface area contributed by atoms with Crippen LogP contribution in [-0.4, -0.2) is 29.0 Å². The normalized spacial score (nSPS) is 16.8. The molecule has 27 heavy (non-hydrogen) atoms. The van der Waals surface area contributed by atoms with Crippen molar-refractivity contribution in [2.75, 3.05) is 18.0 Å². The minimum Gasteiger partial charge on any atom is -0.356 e. The van der Waals surface area contributed by atoms with Gasteiger partial charge in [0, 0.05) is 25.1 Å². The van der Waals surface area contributed by atoms with Crippen LogP contribution in [0.1, 0.15) is 37.1 Å². The van der Waals surface area contributed by atoms with Crippen LogP contribution in [-0.2, 0) is 11.0 Å². The predicted molar refractivity (Wildman–Crippen MR) is 95.0 cm³/mol. The third-order valence-corrected chi connectivity index (χ3v) is 4.79. The summed E-state index contributed by atoms with van der Waals surface area (Å²) in [7, 11) is 0. The number of aromatic nitrogens is 2. The Morgan fingerprint density at radius 1 is 1.19 bits per heavy atom. The van der Waals surface area contributed by atoms with Gasteiger partial charge in [0.2, 0.25) is 5.91 Å². The summed E-state index contributed by atoms with van der Waals surface area (Å²) in [6.07, 6.45) is -2.43. The zero-order chi connectivity index (χ0) is 19.4. The van der Waals surface area contributed by atoms with Gasteiger partial charge in [0.1, 0.15) is 17.8 Å². The molecule has 1 aromatic carbocycles. The first-order valence-corrected chi connectivity index (χ1v) is 8.84. The number of carbonyl (C=O) groups is 1. The number of hydrogen-bond donors (Lipinski definition) is 1. The zero-order valence-corrected chi connectivity index (χ0v) is 14.9. The summed E-state index contributed by atoms with van der Waals surface area (Å²) in [5.41, 5.74) is 0.0769. The van der Waals surface area contributed by atoms with Crippen LogP contribution in [0.25, 0.3) is 0 Å². The van der Waals surface area contributed by atoms with E-state index in [1.54, 1.807) is 4.90 Å². The molecular formula is C19H21F3N4O. The molecule has 0 saturated carbocycles. The molecule has 0 aliphatic carbocycles. The predicted octanol–water partition coefficient (Wildman–Crippen LogP) is 3.59.